The normalized spacial score (nSPS) is 13.0. The van der Waals surface area contributed by atoms with Crippen molar-refractivity contribution in [3.05, 3.63) is 35.9 Å². The van der Waals surface area contributed by atoms with Crippen LogP contribution in [0, 0.1) is 0 Å². The van der Waals surface area contributed by atoms with E-state index < -0.39 is 0 Å². The molecule has 0 fully saturated rings. The number of benzene rings is 1. The number of hydrogen-bond acceptors (Lipinski definition) is 1. The predicted molar refractivity (Wildman–Crippen MR) is 47.2 cm³/mol. The molecule has 1 unspecified atom stereocenters. The Labute approximate surface area is 69.6 Å². The van der Waals surface area contributed by atoms with Gasteiger partial charge in [-0.15, -0.1) is 0 Å². The Kier molecular flexibility index (Phi) is 2.90. The van der Waals surface area contributed by atoms with Gasteiger partial charge in [0.05, 0.1) is 4.95 Å². The molecule has 1 rings (SSSR count). The van der Waals surface area contributed by atoms with Crippen molar-refractivity contribution in [1.29, 1.82) is 0 Å². The summed E-state index contributed by atoms with van der Waals surface area (Å²) >= 11 is 3.47. The van der Waals surface area contributed by atoms with Gasteiger partial charge in [-0.05, 0) is 12.6 Å². The van der Waals surface area contributed by atoms with E-state index in [1.807, 2.05) is 25.2 Å². The van der Waals surface area contributed by atoms with Crippen LogP contribution in [0.25, 0.3) is 0 Å². The van der Waals surface area contributed by atoms with Crippen molar-refractivity contribution in [2.24, 2.45) is 0 Å². The lowest BCUT2D eigenvalue weighted by atomic mass is 10.2. The summed E-state index contributed by atoms with van der Waals surface area (Å²) in [5, 5.41) is 3.10. The van der Waals surface area contributed by atoms with Crippen LogP contribution in [0.4, 0.5) is 0 Å². The van der Waals surface area contributed by atoms with E-state index in [0.29, 0.717) is 0 Å². The van der Waals surface area contributed by atoms with Gasteiger partial charge in [0.15, 0.2) is 0 Å². The molecule has 54 valence electrons. The first-order valence-electron chi connectivity index (χ1n) is 3.21. The van der Waals surface area contributed by atoms with Gasteiger partial charge in [0.2, 0.25) is 0 Å². The summed E-state index contributed by atoms with van der Waals surface area (Å²) < 4.78 is 0. The van der Waals surface area contributed by atoms with E-state index in [4.69, 9.17) is 0 Å². The second kappa shape index (κ2) is 3.74. The zero-order valence-electron chi connectivity index (χ0n) is 5.84. The highest BCUT2D eigenvalue weighted by atomic mass is 79.9. The Balaban J connectivity index is 2.75. The number of alkyl halides is 1. The van der Waals surface area contributed by atoms with Crippen molar-refractivity contribution in [2.75, 3.05) is 7.05 Å². The van der Waals surface area contributed by atoms with Gasteiger partial charge in [0.1, 0.15) is 0 Å². The molecular formula is C8H10BrN. The fourth-order valence-corrected chi connectivity index (χ4v) is 1.09. The van der Waals surface area contributed by atoms with Gasteiger partial charge in [-0.3, -0.25) is 0 Å². The topological polar surface area (TPSA) is 12.0 Å². The third-order valence-corrected chi connectivity index (χ3v) is 2.33. The van der Waals surface area contributed by atoms with Crippen LogP contribution in [-0.4, -0.2) is 7.05 Å². The van der Waals surface area contributed by atoms with Crippen LogP contribution >= 0.6 is 15.9 Å². The average molecular weight is 200 g/mol. The summed E-state index contributed by atoms with van der Waals surface area (Å²) in [5.74, 6) is 0. The van der Waals surface area contributed by atoms with Crippen molar-refractivity contribution >= 4 is 15.9 Å². The van der Waals surface area contributed by atoms with E-state index in [1.54, 1.807) is 0 Å². The predicted octanol–water partition coefficient (Wildman–Crippen LogP) is 2.30. The minimum atomic E-state index is 0.272. The molecule has 1 aromatic rings. The molecule has 0 saturated heterocycles. The van der Waals surface area contributed by atoms with Gasteiger partial charge in [-0.2, -0.15) is 0 Å². The quantitative estimate of drug-likeness (QED) is 0.570. The van der Waals surface area contributed by atoms with E-state index >= 15 is 0 Å². The molecular weight excluding hydrogens is 190 g/mol. The smallest absolute Gasteiger partial charge is 0.0884 e. The number of rotatable bonds is 2. The van der Waals surface area contributed by atoms with Crippen molar-refractivity contribution in [3.8, 4) is 0 Å². The van der Waals surface area contributed by atoms with Crippen molar-refractivity contribution < 1.29 is 0 Å². The first-order valence-corrected chi connectivity index (χ1v) is 4.12. The average Bonchev–Trinajstić information content (AvgIpc) is 2.05. The molecule has 0 heterocycles. The lowest BCUT2D eigenvalue weighted by molar-refractivity contribution is 0.808. The maximum absolute atomic E-state index is 3.47. The van der Waals surface area contributed by atoms with Crippen molar-refractivity contribution in [2.45, 2.75) is 4.95 Å². The molecule has 1 atom stereocenters. The Morgan fingerprint density at radius 3 is 2.40 bits per heavy atom. The first-order chi connectivity index (χ1) is 4.84. The van der Waals surface area contributed by atoms with E-state index in [-0.39, 0.29) is 4.95 Å². The molecule has 10 heavy (non-hydrogen) atoms. The largest absolute Gasteiger partial charge is 0.304 e. The third-order valence-electron chi connectivity index (χ3n) is 1.35. The highest BCUT2D eigenvalue weighted by molar-refractivity contribution is 9.09. The van der Waals surface area contributed by atoms with E-state index in [2.05, 4.69) is 33.4 Å². The molecule has 0 radical (unpaired) electrons. The van der Waals surface area contributed by atoms with Crippen LogP contribution in [-0.2, 0) is 0 Å². The molecule has 0 amide bonds. The molecule has 0 aliphatic heterocycles. The molecule has 0 aromatic heterocycles. The van der Waals surface area contributed by atoms with Crippen LogP contribution < -0.4 is 5.32 Å². The van der Waals surface area contributed by atoms with Gasteiger partial charge >= 0.3 is 0 Å². The molecule has 0 bridgehead atoms. The van der Waals surface area contributed by atoms with Gasteiger partial charge in [0.25, 0.3) is 0 Å². The summed E-state index contributed by atoms with van der Waals surface area (Å²) in [4.78, 5) is 0.272. The van der Waals surface area contributed by atoms with Gasteiger partial charge < -0.3 is 5.32 Å². The summed E-state index contributed by atoms with van der Waals surface area (Å²) in [5.41, 5.74) is 1.25. The molecule has 2 heteroatoms. The standard InChI is InChI=1S/C8H10BrN/c1-10-8(9)7-5-3-2-4-6-7/h2-6,8,10H,1H3. The molecule has 0 aliphatic rings. The van der Waals surface area contributed by atoms with Crippen LogP contribution in [0.3, 0.4) is 0 Å². The lowest BCUT2D eigenvalue weighted by Crippen LogP contribution is -2.08. The summed E-state index contributed by atoms with van der Waals surface area (Å²) in [6, 6.07) is 10.2. The molecule has 0 aliphatic carbocycles. The maximum atomic E-state index is 3.47. The number of hydrogen-bond donors (Lipinski definition) is 1. The van der Waals surface area contributed by atoms with Gasteiger partial charge in [-0.25, -0.2) is 0 Å². The highest BCUT2D eigenvalue weighted by Gasteiger charge is 2.00. The molecule has 0 saturated carbocycles. The van der Waals surface area contributed by atoms with Gasteiger partial charge in [0, 0.05) is 0 Å². The summed E-state index contributed by atoms with van der Waals surface area (Å²) in [7, 11) is 1.92. The van der Waals surface area contributed by atoms with Crippen LogP contribution in [0.1, 0.15) is 10.5 Å². The minimum Gasteiger partial charge on any atom is -0.304 e. The van der Waals surface area contributed by atoms with Crippen molar-refractivity contribution in [3.63, 3.8) is 0 Å². The van der Waals surface area contributed by atoms with Gasteiger partial charge in [-0.1, -0.05) is 46.3 Å². The minimum absolute atomic E-state index is 0.272. The fourth-order valence-electron chi connectivity index (χ4n) is 0.789. The van der Waals surface area contributed by atoms with E-state index in [0.717, 1.165) is 0 Å². The molecule has 1 aromatic carbocycles. The van der Waals surface area contributed by atoms with E-state index in [9.17, 15) is 0 Å². The third kappa shape index (κ3) is 1.82. The van der Waals surface area contributed by atoms with Crippen LogP contribution in [0.15, 0.2) is 30.3 Å². The summed E-state index contributed by atoms with van der Waals surface area (Å²) in [6.45, 7) is 0. The van der Waals surface area contributed by atoms with E-state index in [1.165, 1.54) is 5.56 Å². The highest BCUT2D eigenvalue weighted by Crippen LogP contribution is 2.17. The van der Waals surface area contributed by atoms with Crippen molar-refractivity contribution in [1.82, 2.24) is 5.32 Å². The zero-order chi connectivity index (χ0) is 7.40. The second-order valence-corrected chi connectivity index (χ2v) is 2.98. The van der Waals surface area contributed by atoms with Crippen LogP contribution in [0.5, 0.6) is 0 Å². The van der Waals surface area contributed by atoms with Crippen LogP contribution in [0.2, 0.25) is 0 Å². The number of nitrogens with one attached hydrogen (secondary N) is 1. The first kappa shape index (κ1) is 7.76. The monoisotopic (exact) mass is 199 g/mol. The SMILES string of the molecule is CNC(Br)c1ccccc1. The second-order valence-electron chi connectivity index (χ2n) is 2.06. The zero-order valence-corrected chi connectivity index (χ0v) is 7.43. The Hall–Kier alpha value is -0.340. The molecule has 1 N–H and O–H groups in total. The number of halogens is 1. The Morgan fingerprint density at radius 2 is 1.90 bits per heavy atom. The maximum Gasteiger partial charge on any atom is 0.0884 e. The fraction of sp³-hybridized carbons (Fsp3) is 0.250. The molecule has 1 nitrogen and oxygen atoms in total. The Bertz CT molecular complexity index is 186. The summed E-state index contributed by atoms with van der Waals surface area (Å²) in [6.07, 6.45) is 0. The lowest BCUT2D eigenvalue weighted by Gasteiger charge is -2.06. The molecule has 0 spiro atoms. The Morgan fingerprint density at radius 1 is 1.30 bits per heavy atom.